The molecule has 8 heteroatoms. The van der Waals surface area contributed by atoms with E-state index in [0.29, 0.717) is 0 Å². The van der Waals surface area contributed by atoms with E-state index in [1.54, 1.807) is 0 Å². The van der Waals surface area contributed by atoms with Crippen LogP contribution >= 0.6 is 0 Å². The SMILES string of the molecule is CCc1n(/N=C/c2ccc(N3CCN(C)CC3)cc2)cc[n+]1/N=C/c1ccc(N2CCN(C)CC2)cc1. The van der Waals surface area contributed by atoms with Gasteiger partial charge in [0.15, 0.2) is 12.4 Å². The highest BCUT2D eigenvalue weighted by Gasteiger charge is 2.16. The monoisotopic (exact) mass is 499 g/mol. The second-order valence-electron chi connectivity index (χ2n) is 10.0. The van der Waals surface area contributed by atoms with Crippen LogP contribution in [-0.4, -0.2) is 93.4 Å². The standard InChI is InChI=1S/C29H39N8/c1-4-29-36(30-23-25-5-9-27(10-6-25)34-17-13-32(2)14-18-34)21-22-37(29)31-24-26-7-11-28(12-8-26)35-19-15-33(3)16-20-35/h5-12,21-24H,4,13-20H2,1-3H3/q+1/b30-23+,31-24+. The summed E-state index contributed by atoms with van der Waals surface area (Å²) in [6, 6.07) is 17.4. The number of nitrogens with zero attached hydrogens (tertiary/aromatic N) is 8. The maximum absolute atomic E-state index is 4.71. The van der Waals surface area contributed by atoms with Crippen molar-refractivity contribution in [1.82, 2.24) is 14.5 Å². The summed E-state index contributed by atoms with van der Waals surface area (Å²) in [5, 5.41) is 9.42. The summed E-state index contributed by atoms with van der Waals surface area (Å²) < 4.78 is 3.81. The van der Waals surface area contributed by atoms with Gasteiger partial charge in [-0.3, -0.25) is 0 Å². The first-order valence-electron chi connectivity index (χ1n) is 13.4. The Hall–Kier alpha value is -3.49. The molecule has 3 aromatic rings. The summed E-state index contributed by atoms with van der Waals surface area (Å²) in [4.78, 5) is 9.65. The minimum Gasteiger partial charge on any atom is -0.369 e. The van der Waals surface area contributed by atoms with Crippen LogP contribution in [0.15, 0.2) is 71.1 Å². The maximum atomic E-state index is 4.71. The van der Waals surface area contributed by atoms with E-state index in [0.717, 1.165) is 75.7 Å². The number of aromatic nitrogens is 2. The number of likely N-dealkylation sites (N-methyl/N-ethyl adjacent to an activating group) is 2. The lowest BCUT2D eigenvalue weighted by Crippen LogP contribution is -2.44. The molecular weight excluding hydrogens is 460 g/mol. The van der Waals surface area contributed by atoms with E-state index in [2.05, 4.69) is 89.1 Å². The maximum Gasteiger partial charge on any atom is 0.307 e. The molecule has 0 spiro atoms. The van der Waals surface area contributed by atoms with E-state index in [1.807, 2.05) is 34.2 Å². The van der Waals surface area contributed by atoms with Gasteiger partial charge in [-0.15, -0.1) is 9.35 Å². The van der Waals surface area contributed by atoms with E-state index in [9.17, 15) is 0 Å². The van der Waals surface area contributed by atoms with Crippen LogP contribution < -0.4 is 14.5 Å². The molecule has 0 N–H and O–H groups in total. The number of rotatable bonds is 7. The first-order valence-corrected chi connectivity index (χ1v) is 13.4. The smallest absolute Gasteiger partial charge is 0.307 e. The zero-order valence-corrected chi connectivity index (χ0v) is 22.4. The molecule has 194 valence electrons. The molecule has 0 unspecified atom stereocenters. The largest absolute Gasteiger partial charge is 0.369 e. The van der Waals surface area contributed by atoms with Gasteiger partial charge in [0.1, 0.15) is 0 Å². The normalized spacial score (nSPS) is 17.9. The minimum absolute atomic E-state index is 0.826. The Bertz CT molecular complexity index is 1100. The average molecular weight is 500 g/mol. The summed E-state index contributed by atoms with van der Waals surface area (Å²) in [5.41, 5.74) is 4.74. The molecule has 5 rings (SSSR count). The predicted octanol–water partition coefficient (Wildman–Crippen LogP) is 2.61. The van der Waals surface area contributed by atoms with E-state index in [1.165, 1.54) is 11.4 Å². The number of imidazole rings is 1. The van der Waals surface area contributed by atoms with Gasteiger partial charge in [0.05, 0.1) is 18.9 Å². The Labute approximate surface area is 220 Å². The average Bonchev–Trinajstić information content (AvgIpc) is 3.34. The molecule has 0 amide bonds. The summed E-state index contributed by atoms with van der Waals surface area (Å²) in [7, 11) is 4.37. The number of hydrogen-bond donors (Lipinski definition) is 0. The number of piperazine rings is 2. The molecule has 3 heterocycles. The Balaban J connectivity index is 1.22. The fourth-order valence-corrected chi connectivity index (χ4v) is 4.87. The van der Waals surface area contributed by atoms with E-state index in [-0.39, 0.29) is 0 Å². The van der Waals surface area contributed by atoms with Gasteiger partial charge >= 0.3 is 5.82 Å². The third kappa shape index (κ3) is 6.26. The molecule has 2 saturated heterocycles. The van der Waals surface area contributed by atoms with Crippen molar-refractivity contribution < 1.29 is 4.68 Å². The van der Waals surface area contributed by atoms with Gasteiger partial charge in [-0.25, -0.2) is 0 Å². The van der Waals surface area contributed by atoms with Gasteiger partial charge in [0, 0.05) is 63.7 Å². The Morgan fingerprint density at radius 2 is 1.19 bits per heavy atom. The molecule has 0 bridgehead atoms. The second kappa shape index (κ2) is 11.7. The fourth-order valence-electron chi connectivity index (χ4n) is 4.87. The van der Waals surface area contributed by atoms with Crippen LogP contribution in [0, 0.1) is 0 Å². The summed E-state index contributed by atoms with van der Waals surface area (Å²) in [5.74, 6) is 1.02. The van der Waals surface area contributed by atoms with Crippen molar-refractivity contribution in [2.75, 3.05) is 76.3 Å². The second-order valence-corrected chi connectivity index (χ2v) is 10.0. The van der Waals surface area contributed by atoms with Crippen molar-refractivity contribution in [1.29, 1.82) is 0 Å². The molecule has 2 aliphatic heterocycles. The highest BCUT2D eigenvalue weighted by molar-refractivity contribution is 5.80. The first-order chi connectivity index (χ1) is 18.1. The van der Waals surface area contributed by atoms with Crippen molar-refractivity contribution in [2.45, 2.75) is 13.3 Å². The fraction of sp³-hybridized carbons (Fsp3) is 0.414. The lowest BCUT2D eigenvalue weighted by molar-refractivity contribution is -0.685. The van der Waals surface area contributed by atoms with Crippen molar-refractivity contribution in [3.63, 3.8) is 0 Å². The molecule has 2 fully saturated rings. The minimum atomic E-state index is 0.826. The van der Waals surface area contributed by atoms with Crippen LogP contribution in [0.2, 0.25) is 0 Å². The third-order valence-corrected chi connectivity index (χ3v) is 7.38. The van der Waals surface area contributed by atoms with Gasteiger partial charge < -0.3 is 19.6 Å². The van der Waals surface area contributed by atoms with Crippen LogP contribution in [0.25, 0.3) is 0 Å². The quantitative estimate of drug-likeness (QED) is 0.370. The van der Waals surface area contributed by atoms with Gasteiger partial charge in [-0.2, -0.15) is 0 Å². The number of hydrogen-bond acceptors (Lipinski definition) is 6. The molecule has 1 aromatic heterocycles. The van der Waals surface area contributed by atoms with Crippen LogP contribution in [-0.2, 0) is 6.42 Å². The van der Waals surface area contributed by atoms with Gasteiger partial charge in [0.2, 0.25) is 0 Å². The van der Waals surface area contributed by atoms with Gasteiger partial charge in [0.25, 0.3) is 0 Å². The van der Waals surface area contributed by atoms with Crippen molar-refractivity contribution in [3.05, 3.63) is 77.9 Å². The Morgan fingerprint density at radius 3 is 1.68 bits per heavy atom. The molecule has 0 radical (unpaired) electrons. The van der Waals surface area contributed by atoms with Gasteiger partial charge in [-0.1, -0.05) is 41.4 Å². The van der Waals surface area contributed by atoms with Crippen molar-refractivity contribution in [2.24, 2.45) is 10.2 Å². The molecule has 0 atom stereocenters. The van der Waals surface area contributed by atoms with E-state index in [4.69, 9.17) is 10.2 Å². The topological polar surface area (TPSA) is 46.5 Å². The molecule has 37 heavy (non-hydrogen) atoms. The summed E-state index contributed by atoms with van der Waals surface area (Å²) in [6.45, 7) is 10.9. The first kappa shape index (κ1) is 25.2. The van der Waals surface area contributed by atoms with Crippen molar-refractivity contribution >= 4 is 23.8 Å². The van der Waals surface area contributed by atoms with Crippen LogP contribution in [0.5, 0.6) is 0 Å². The highest BCUT2D eigenvalue weighted by Crippen LogP contribution is 2.17. The van der Waals surface area contributed by atoms with Crippen LogP contribution in [0.4, 0.5) is 11.4 Å². The van der Waals surface area contributed by atoms with E-state index >= 15 is 0 Å². The van der Waals surface area contributed by atoms with Crippen molar-refractivity contribution in [3.8, 4) is 0 Å². The zero-order valence-electron chi connectivity index (χ0n) is 22.4. The number of benzene rings is 2. The molecule has 0 aliphatic carbocycles. The lowest BCUT2D eigenvalue weighted by Gasteiger charge is -2.34. The predicted molar refractivity (Wildman–Crippen MR) is 152 cm³/mol. The zero-order chi connectivity index (χ0) is 25.6. The number of anilines is 2. The van der Waals surface area contributed by atoms with Crippen LogP contribution in [0.3, 0.4) is 0 Å². The lowest BCUT2D eigenvalue weighted by atomic mass is 10.2. The highest BCUT2D eigenvalue weighted by atomic mass is 15.5. The van der Waals surface area contributed by atoms with Crippen LogP contribution in [0.1, 0.15) is 23.9 Å². The molecule has 8 nitrogen and oxygen atoms in total. The summed E-state index contributed by atoms with van der Waals surface area (Å²) >= 11 is 0. The Kier molecular flexibility index (Phi) is 7.96. The van der Waals surface area contributed by atoms with E-state index < -0.39 is 0 Å². The Morgan fingerprint density at radius 1 is 0.703 bits per heavy atom. The molecule has 2 aliphatic rings. The molecular formula is C29H39N8+. The summed E-state index contributed by atoms with van der Waals surface area (Å²) in [6.07, 6.45) is 8.58. The molecule has 2 aromatic carbocycles. The molecule has 0 saturated carbocycles. The van der Waals surface area contributed by atoms with Gasteiger partial charge in [-0.05, 0) is 49.5 Å². The third-order valence-electron chi connectivity index (χ3n) is 7.38.